The molecule has 17 heavy (non-hydrogen) atoms. The molecule has 0 heterocycles. The van der Waals surface area contributed by atoms with Crippen molar-refractivity contribution >= 4 is 11.9 Å². The van der Waals surface area contributed by atoms with Crippen LogP contribution in [0.5, 0.6) is 0 Å². The fraction of sp³-hybridized carbons (Fsp3) is 0.385. The van der Waals surface area contributed by atoms with Crippen molar-refractivity contribution in [2.45, 2.75) is 18.8 Å². The fourth-order valence-electron chi connectivity index (χ4n) is 1.59. The van der Waals surface area contributed by atoms with Crippen LogP contribution in [0.4, 0.5) is 0 Å². The number of esters is 1. The standard InChI is InChI=1S/C13H14O4/c14-12(15)11(10-4-2-1-3-5-10)13(16)17-8-9-6-7-9/h1-5,9,11H,6-8H2,(H,14,15). The van der Waals surface area contributed by atoms with Crippen LogP contribution < -0.4 is 0 Å². The molecule has 0 saturated heterocycles. The molecule has 1 N–H and O–H groups in total. The van der Waals surface area contributed by atoms with Crippen LogP contribution in [0, 0.1) is 5.92 Å². The minimum Gasteiger partial charge on any atom is -0.480 e. The van der Waals surface area contributed by atoms with Gasteiger partial charge in [0, 0.05) is 0 Å². The maximum atomic E-state index is 11.7. The Balaban J connectivity index is 2.05. The van der Waals surface area contributed by atoms with Crippen LogP contribution in [0.15, 0.2) is 30.3 Å². The van der Waals surface area contributed by atoms with Gasteiger partial charge in [0.25, 0.3) is 0 Å². The highest BCUT2D eigenvalue weighted by molar-refractivity contribution is 5.99. The molecule has 1 aromatic rings. The first-order valence-electron chi connectivity index (χ1n) is 5.63. The Morgan fingerprint density at radius 3 is 2.47 bits per heavy atom. The molecule has 0 bridgehead atoms. The van der Waals surface area contributed by atoms with Gasteiger partial charge in [-0.05, 0) is 24.3 Å². The molecule has 0 aliphatic heterocycles. The fourth-order valence-corrected chi connectivity index (χ4v) is 1.59. The number of carbonyl (C=O) groups is 2. The molecular formula is C13H14O4. The summed E-state index contributed by atoms with van der Waals surface area (Å²) in [4.78, 5) is 22.8. The molecule has 0 spiro atoms. The van der Waals surface area contributed by atoms with E-state index < -0.39 is 17.9 Å². The molecule has 0 aromatic heterocycles. The number of carboxylic acid groups (broad SMARTS) is 1. The van der Waals surface area contributed by atoms with Crippen molar-refractivity contribution in [1.29, 1.82) is 0 Å². The first kappa shape index (κ1) is 11.6. The Morgan fingerprint density at radius 1 is 1.29 bits per heavy atom. The van der Waals surface area contributed by atoms with Crippen LogP contribution in [0.2, 0.25) is 0 Å². The molecule has 90 valence electrons. The van der Waals surface area contributed by atoms with Crippen molar-refractivity contribution in [2.75, 3.05) is 6.61 Å². The minimum atomic E-state index is -1.21. The summed E-state index contributed by atoms with van der Waals surface area (Å²) >= 11 is 0. The molecule has 1 saturated carbocycles. The largest absolute Gasteiger partial charge is 0.480 e. The summed E-state index contributed by atoms with van der Waals surface area (Å²) in [6.07, 6.45) is 2.13. The number of aliphatic carboxylic acids is 1. The van der Waals surface area contributed by atoms with E-state index in [9.17, 15) is 9.59 Å². The van der Waals surface area contributed by atoms with E-state index in [1.165, 1.54) is 0 Å². The van der Waals surface area contributed by atoms with Crippen LogP contribution in [-0.2, 0) is 14.3 Å². The maximum absolute atomic E-state index is 11.7. The third-order valence-corrected chi connectivity index (χ3v) is 2.77. The normalized spacial score (nSPS) is 16.2. The van der Waals surface area contributed by atoms with Crippen LogP contribution in [0.3, 0.4) is 0 Å². The number of hydrogen-bond donors (Lipinski definition) is 1. The zero-order chi connectivity index (χ0) is 12.3. The topological polar surface area (TPSA) is 63.6 Å². The molecule has 1 aromatic carbocycles. The summed E-state index contributed by atoms with van der Waals surface area (Å²) in [6.45, 7) is 0.343. The van der Waals surface area contributed by atoms with E-state index in [0.29, 0.717) is 18.1 Å². The average Bonchev–Trinajstić information content (AvgIpc) is 3.11. The summed E-state index contributed by atoms with van der Waals surface area (Å²) in [6, 6.07) is 8.44. The highest BCUT2D eigenvalue weighted by Gasteiger charge is 2.31. The lowest BCUT2D eigenvalue weighted by atomic mass is 10.00. The zero-order valence-electron chi connectivity index (χ0n) is 9.33. The SMILES string of the molecule is O=C(O)C(C(=O)OCC1CC1)c1ccccc1. The Bertz CT molecular complexity index is 409. The molecule has 0 amide bonds. The summed E-state index contributed by atoms with van der Waals surface area (Å²) in [5.74, 6) is -2.62. The number of hydrogen-bond acceptors (Lipinski definition) is 3. The molecule has 1 aliphatic carbocycles. The van der Waals surface area contributed by atoms with E-state index in [4.69, 9.17) is 9.84 Å². The maximum Gasteiger partial charge on any atom is 0.324 e. The Kier molecular flexibility index (Phi) is 3.42. The van der Waals surface area contributed by atoms with Gasteiger partial charge in [-0.3, -0.25) is 9.59 Å². The van der Waals surface area contributed by atoms with Crippen LogP contribution in [-0.4, -0.2) is 23.7 Å². The van der Waals surface area contributed by atoms with Gasteiger partial charge in [0.1, 0.15) is 0 Å². The van der Waals surface area contributed by atoms with Crippen molar-refractivity contribution in [3.63, 3.8) is 0 Å². The van der Waals surface area contributed by atoms with Gasteiger partial charge >= 0.3 is 11.9 Å². The van der Waals surface area contributed by atoms with Gasteiger partial charge in [0.2, 0.25) is 0 Å². The van der Waals surface area contributed by atoms with Gasteiger partial charge in [0.05, 0.1) is 6.61 Å². The van der Waals surface area contributed by atoms with E-state index in [1.807, 2.05) is 0 Å². The first-order valence-corrected chi connectivity index (χ1v) is 5.63. The third-order valence-electron chi connectivity index (χ3n) is 2.77. The second-order valence-electron chi connectivity index (χ2n) is 4.26. The van der Waals surface area contributed by atoms with Crippen molar-refractivity contribution in [3.8, 4) is 0 Å². The molecule has 1 atom stereocenters. The number of benzene rings is 1. The number of rotatable bonds is 5. The molecule has 2 rings (SSSR count). The highest BCUT2D eigenvalue weighted by atomic mass is 16.5. The van der Waals surface area contributed by atoms with Gasteiger partial charge < -0.3 is 9.84 Å². The number of carbonyl (C=O) groups excluding carboxylic acids is 1. The van der Waals surface area contributed by atoms with Crippen molar-refractivity contribution in [1.82, 2.24) is 0 Å². The number of ether oxygens (including phenoxy) is 1. The van der Waals surface area contributed by atoms with Crippen LogP contribution in [0.25, 0.3) is 0 Å². The van der Waals surface area contributed by atoms with Crippen LogP contribution >= 0.6 is 0 Å². The van der Waals surface area contributed by atoms with Gasteiger partial charge in [-0.1, -0.05) is 30.3 Å². The van der Waals surface area contributed by atoms with Gasteiger partial charge in [-0.15, -0.1) is 0 Å². The average molecular weight is 234 g/mol. The zero-order valence-corrected chi connectivity index (χ0v) is 9.33. The van der Waals surface area contributed by atoms with Crippen molar-refractivity contribution in [2.24, 2.45) is 5.92 Å². The minimum absolute atomic E-state index is 0.343. The Morgan fingerprint density at radius 2 is 1.94 bits per heavy atom. The molecule has 0 radical (unpaired) electrons. The lowest BCUT2D eigenvalue weighted by molar-refractivity contribution is -0.154. The Labute approximate surface area is 99.2 Å². The van der Waals surface area contributed by atoms with Crippen molar-refractivity contribution < 1.29 is 19.4 Å². The number of carboxylic acids is 1. The molecule has 4 nitrogen and oxygen atoms in total. The quantitative estimate of drug-likeness (QED) is 0.623. The molecule has 1 fully saturated rings. The van der Waals surface area contributed by atoms with Crippen molar-refractivity contribution in [3.05, 3.63) is 35.9 Å². The summed E-state index contributed by atoms with van der Waals surface area (Å²) in [5.41, 5.74) is 0.459. The molecule has 4 heteroatoms. The van der Waals surface area contributed by atoms with E-state index in [1.54, 1.807) is 30.3 Å². The summed E-state index contributed by atoms with van der Waals surface area (Å²) in [5, 5.41) is 9.08. The first-order chi connectivity index (χ1) is 8.18. The van der Waals surface area contributed by atoms with E-state index in [-0.39, 0.29) is 0 Å². The lowest BCUT2D eigenvalue weighted by Gasteiger charge is -2.12. The molecule has 1 aliphatic rings. The highest BCUT2D eigenvalue weighted by Crippen LogP contribution is 2.29. The van der Waals surface area contributed by atoms with Gasteiger partial charge in [-0.2, -0.15) is 0 Å². The molecular weight excluding hydrogens is 220 g/mol. The van der Waals surface area contributed by atoms with Gasteiger partial charge in [0.15, 0.2) is 5.92 Å². The third kappa shape index (κ3) is 3.06. The second kappa shape index (κ2) is 4.99. The van der Waals surface area contributed by atoms with Crippen LogP contribution in [0.1, 0.15) is 24.3 Å². The predicted octanol–water partition coefficient (Wildman–Crippen LogP) is 1.81. The van der Waals surface area contributed by atoms with E-state index in [2.05, 4.69) is 0 Å². The Hall–Kier alpha value is -1.84. The second-order valence-corrected chi connectivity index (χ2v) is 4.26. The molecule has 1 unspecified atom stereocenters. The predicted molar refractivity (Wildman–Crippen MR) is 60.5 cm³/mol. The monoisotopic (exact) mass is 234 g/mol. The lowest BCUT2D eigenvalue weighted by Crippen LogP contribution is -2.24. The van der Waals surface area contributed by atoms with E-state index in [0.717, 1.165) is 12.8 Å². The summed E-state index contributed by atoms with van der Waals surface area (Å²) < 4.78 is 5.02. The van der Waals surface area contributed by atoms with E-state index >= 15 is 0 Å². The smallest absolute Gasteiger partial charge is 0.324 e. The van der Waals surface area contributed by atoms with Gasteiger partial charge in [-0.25, -0.2) is 0 Å². The summed E-state index contributed by atoms with van der Waals surface area (Å²) in [7, 11) is 0.